The zero-order valence-corrected chi connectivity index (χ0v) is 15.1. The molecule has 0 aliphatic carbocycles. The number of ether oxygens (including phenoxy) is 2. The van der Waals surface area contributed by atoms with Crippen molar-refractivity contribution in [1.29, 1.82) is 0 Å². The third-order valence-corrected chi connectivity index (χ3v) is 3.90. The van der Waals surface area contributed by atoms with Crippen LogP contribution in [0.4, 0.5) is 0 Å². The Bertz CT molecular complexity index is 700. The van der Waals surface area contributed by atoms with E-state index in [0.29, 0.717) is 13.2 Å². The number of esters is 1. The van der Waals surface area contributed by atoms with Gasteiger partial charge in [0, 0.05) is 13.0 Å². The summed E-state index contributed by atoms with van der Waals surface area (Å²) in [6, 6.07) is 18.0. The van der Waals surface area contributed by atoms with Gasteiger partial charge in [-0.05, 0) is 36.1 Å². The summed E-state index contributed by atoms with van der Waals surface area (Å²) < 4.78 is 10.3. The number of amides is 1. The Morgan fingerprint density at radius 1 is 0.962 bits per heavy atom. The Morgan fingerprint density at radius 3 is 2.50 bits per heavy atom. The number of benzene rings is 2. The summed E-state index contributed by atoms with van der Waals surface area (Å²) in [6.45, 7) is 1.12. The molecule has 2 rings (SSSR count). The third kappa shape index (κ3) is 7.38. The van der Waals surface area contributed by atoms with Gasteiger partial charge in [-0.1, -0.05) is 42.5 Å². The maximum absolute atomic E-state index is 11.6. The summed E-state index contributed by atoms with van der Waals surface area (Å²) in [7, 11) is 1.32. The highest BCUT2D eigenvalue weighted by Crippen LogP contribution is 2.16. The van der Waals surface area contributed by atoms with Crippen LogP contribution in [0.2, 0.25) is 0 Å². The molecule has 5 heteroatoms. The minimum atomic E-state index is -0.368. The second-order valence-electron chi connectivity index (χ2n) is 5.95. The number of carbonyl (C=O) groups is 2. The van der Waals surface area contributed by atoms with Crippen LogP contribution in [0.3, 0.4) is 0 Å². The second kappa shape index (κ2) is 10.9. The standard InChI is InChI=1S/C21H25NO4/c1-25-21(24)13-12-20(23)22-14-6-10-17-9-5-11-19(15-17)26-16-18-7-3-2-4-8-18/h2-5,7-9,11,15H,6,10,12-14,16H2,1H3,(H,22,23). The van der Waals surface area contributed by atoms with E-state index in [0.717, 1.165) is 24.2 Å². The lowest BCUT2D eigenvalue weighted by atomic mass is 10.1. The van der Waals surface area contributed by atoms with E-state index in [4.69, 9.17) is 4.74 Å². The molecule has 0 spiro atoms. The monoisotopic (exact) mass is 355 g/mol. The maximum Gasteiger partial charge on any atom is 0.306 e. The highest BCUT2D eigenvalue weighted by atomic mass is 16.5. The van der Waals surface area contributed by atoms with Gasteiger partial charge in [0.1, 0.15) is 12.4 Å². The minimum absolute atomic E-state index is 0.114. The summed E-state index contributed by atoms with van der Waals surface area (Å²) in [4.78, 5) is 22.6. The minimum Gasteiger partial charge on any atom is -0.489 e. The molecular formula is C21H25NO4. The van der Waals surface area contributed by atoms with Crippen molar-refractivity contribution in [2.75, 3.05) is 13.7 Å². The molecule has 0 aromatic heterocycles. The number of rotatable bonds is 10. The Hall–Kier alpha value is -2.82. The van der Waals surface area contributed by atoms with E-state index in [-0.39, 0.29) is 24.7 Å². The predicted octanol–water partition coefficient (Wildman–Crippen LogP) is 3.27. The van der Waals surface area contributed by atoms with E-state index in [1.54, 1.807) is 0 Å². The lowest BCUT2D eigenvalue weighted by Crippen LogP contribution is -2.25. The van der Waals surface area contributed by atoms with E-state index in [2.05, 4.69) is 16.1 Å². The van der Waals surface area contributed by atoms with Crippen molar-refractivity contribution >= 4 is 11.9 Å². The van der Waals surface area contributed by atoms with Crippen LogP contribution in [-0.4, -0.2) is 25.5 Å². The van der Waals surface area contributed by atoms with Crippen molar-refractivity contribution in [2.24, 2.45) is 0 Å². The molecular weight excluding hydrogens is 330 g/mol. The first-order valence-corrected chi connectivity index (χ1v) is 8.76. The van der Waals surface area contributed by atoms with Crippen molar-refractivity contribution in [2.45, 2.75) is 32.3 Å². The topological polar surface area (TPSA) is 64.6 Å². The van der Waals surface area contributed by atoms with Crippen LogP contribution in [0.25, 0.3) is 0 Å². The van der Waals surface area contributed by atoms with Gasteiger partial charge in [0.25, 0.3) is 0 Å². The average Bonchev–Trinajstić information content (AvgIpc) is 2.69. The molecule has 0 saturated heterocycles. The van der Waals surface area contributed by atoms with Gasteiger partial charge in [0.15, 0.2) is 0 Å². The van der Waals surface area contributed by atoms with Gasteiger partial charge in [-0.2, -0.15) is 0 Å². The molecule has 1 N–H and O–H groups in total. The summed E-state index contributed by atoms with van der Waals surface area (Å²) >= 11 is 0. The van der Waals surface area contributed by atoms with Crippen LogP contribution < -0.4 is 10.1 Å². The first kappa shape index (κ1) is 19.5. The lowest BCUT2D eigenvalue weighted by Gasteiger charge is -2.09. The normalized spacial score (nSPS) is 10.2. The Morgan fingerprint density at radius 2 is 1.73 bits per heavy atom. The number of hydrogen-bond acceptors (Lipinski definition) is 4. The molecule has 0 bridgehead atoms. The molecule has 2 aromatic carbocycles. The fraction of sp³-hybridized carbons (Fsp3) is 0.333. The van der Waals surface area contributed by atoms with Gasteiger partial charge in [0.05, 0.1) is 13.5 Å². The summed E-state index contributed by atoms with van der Waals surface area (Å²) in [5.41, 5.74) is 2.30. The maximum atomic E-state index is 11.6. The highest BCUT2D eigenvalue weighted by Gasteiger charge is 2.06. The Labute approximate surface area is 154 Å². The van der Waals surface area contributed by atoms with E-state index in [1.165, 1.54) is 12.7 Å². The zero-order chi connectivity index (χ0) is 18.6. The molecule has 26 heavy (non-hydrogen) atoms. The zero-order valence-electron chi connectivity index (χ0n) is 15.1. The largest absolute Gasteiger partial charge is 0.489 e. The van der Waals surface area contributed by atoms with E-state index in [1.807, 2.05) is 48.5 Å². The predicted molar refractivity (Wildman–Crippen MR) is 99.8 cm³/mol. The van der Waals surface area contributed by atoms with Crippen LogP contribution in [0, 0.1) is 0 Å². The summed E-state index contributed by atoms with van der Waals surface area (Å²) in [5.74, 6) is 0.344. The first-order chi connectivity index (χ1) is 12.7. The smallest absolute Gasteiger partial charge is 0.306 e. The van der Waals surface area contributed by atoms with Crippen molar-refractivity contribution in [3.63, 3.8) is 0 Å². The molecule has 0 radical (unpaired) electrons. The van der Waals surface area contributed by atoms with Crippen LogP contribution in [0.15, 0.2) is 54.6 Å². The van der Waals surface area contributed by atoms with Crippen molar-refractivity contribution < 1.29 is 19.1 Å². The van der Waals surface area contributed by atoms with Gasteiger partial charge in [-0.25, -0.2) is 0 Å². The molecule has 0 atom stereocenters. The van der Waals surface area contributed by atoms with Crippen molar-refractivity contribution in [3.8, 4) is 5.75 Å². The van der Waals surface area contributed by atoms with Crippen LogP contribution >= 0.6 is 0 Å². The quantitative estimate of drug-likeness (QED) is 0.525. The molecule has 0 fully saturated rings. The van der Waals surface area contributed by atoms with Gasteiger partial charge in [-0.3, -0.25) is 9.59 Å². The summed E-state index contributed by atoms with van der Waals surface area (Å²) in [5, 5.41) is 2.82. The number of carbonyl (C=O) groups excluding carboxylic acids is 2. The molecule has 0 heterocycles. The van der Waals surface area contributed by atoms with E-state index < -0.39 is 0 Å². The van der Waals surface area contributed by atoms with E-state index >= 15 is 0 Å². The van der Waals surface area contributed by atoms with Gasteiger partial charge in [-0.15, -0.1) is 0 Å². The molecule has 138 valence electrons. The molecule has 2 aromatic rings. The molecule has 0 saturated carbocycles. The Balaban J connectivity index is 1.68. The number of methoxy groups -OCH3 is 1. The van der Waals surface area contributed by atoms with Gasteiger partial charge < -0.3 is 14.8 Å². The van der Waals surface area contributed by atoms with Crippen LogP contribution in [0.1, 0.15) is 30.4 Å². The van der Waals surface area contributed by atoms with Crippen LogP contribution in [0.5, 0.6) is 5.75 Å². The number of aryl methyl sites for hydroxylation is 1. The van der Waals surface area contributed by atoms with Gasteiger partial charge in [0.2, 0.25) is 5.91 Å². The molecule has 0 aliphatic rings. The van der Waals surface area contributed by atoms with Gasteiger partial charge >= 0.3 is 5.97 Å². The summed E-state index contributed by atoms with van der Waals surface area (Å²) in [6.07, 6.45) is 1.95. The number of hydrogen-bond donors (Lipinski definition) is 1. The third-order valence-electron chi connectivity index (χ3n) is 3.90. The number of nitrogens with one attached hydrogen (secondary N) is 1. The molecule has 1 amide bonds. The fourth-order valence-electron chi connectivity index (χ4n) is 2.46. The molecule has 5 nitrogen and oxygen atoms in total. The van der Waals surface area contributed by atoms with Crippen molar-refractivity contribution in [3.05, 3.63) is 65.7 Å². The molecule has 0 unspecified atom stereocenters. The first-order valence-electron chi connectivity index (χ1n) is 8.76. The Kier molecular flexibility index (Phi) is 8.19. The van der Waals surface area contributed by atoms with E-state index in [9.17, 15) is 9.59 Å². The van der Waals surface area contributed by atoms with Crippen molar-refractivity contribution in [1.82, 2.24) is 5.32 Å². The SMILES string of the molecule is COC(=O)CCC(=O)NCCCc1cccc(OCc2ccccc2)c1. The average molecular weight is 355 g/mol. The fourth-order valence-corrected chi connectivity index (χ4v) is 2.46. The lowest BCUT2D eigenvalue weighted by molar-refractivity contribution is -0.142. The molecule has 0 aliphatic heterocycles. The highest BCUT2D eigenvalue weighted by molar-refractivity contribution is 5.81. The second-order valence-corrected chi connectivity index (χ2v) is 5.95. The van der Waals surface area contributed by atoms with Crippen LogP contribution in [-0.2, 0) is 27.4 Å².